The van der Waals surface area contributed by atoms with Gasteiger partial charge in [-0.1, -0.05) is 23.4 Å². The van der Waals surface area contributed by atoms with Crippen molar-refractivity contribution in [1.29, 1.82) is 0 Å². The molecule has 2 aromatic carbocycles. The molecule has 0 spiro atoms. The molecule has 1 unspecified atom stereocenters. The van der Waals surface area contributed by atoms with E-state index in [0.717, 1.165) is 17.7 Å². The van der Waals surface area contributed by atoms with Crippen LogP contribution in [0.25, 0.3) is 0 Å². The van der Waals surface area contributed by atoms with Crippen LogP contribution in [-0.2, 0) is 25.2 Å². The summed E-state index contributed by atoms with van der Waals surface area (Å²) in [6.07, 6.45) is 4.38. The van der Waals surface area contributed by atoms with Crippen molar-refractivity contribution in [2.75, 3.05) is 6.54 Å². The van der Waals surface area contributed by atoms with Gasteiger partial charge in [-0.3, -0.25) is 0 Å². The first-order valence-corrected chi connectivity index (χ1v) is 9.76. The lowest BCUT2D eigenvalue weighted by atomic mass is 9.92. The Morgan fingerprint density at radius 3 is 2.62 bits per heavy atom. The van der Waals surface area contributed by atoms with E-state index in [1.54, 1.807) is 23.0 Å². The molecule has 0 saturated carbocycles. The van der Waals surface area contributed by atoms with E-state index in [9.17, 15) is 18.3 Å². The van der Waals surface area contributed by atoms with Crippen LogP contribution in [-0.4, -0.2) is 41.4 Å². The van der Waals surface area contributed by atoms with Crippen molar-refractivity contribution in [3.8, 4) is 0 Å². The number of aromatic nitrogens is 6. The number of benzene rings is 2. The Kier molecular flexibility index (Phi) is 6.28. The minimum Gasteiger partial charge on any atom is -0.382 e. The zero-order chi connectivity index (χ0) is 22.6. The zero-order valence-corrected chi connectivity index (χ0v) is 16.9. The van der Waals surface area contributed by atoms with E-state index < -0.39 is 17.2 Å². The molecule has 2 heterocycles. The second-order valence-corrected chi connectivity index (χ2v) is 7.39. The van der Waals surface area contributed by atoms with E-state index in [1.165, 1.54) is 35.5 Å². The molecule has 0 bridgehead atoms. The van der Waals surface area contributed by atoms with Crippen LogP contribution in [0, 0.1) is 17.5 Å². The van der Waals surface area contributed by atoms with E-state index in [4.69, 9.17) is 0 Å². The molecule has 0 fully saturated rings. The Hall–Kier alpha value is -3.57. The quantitative estimate of drug-likeness (QED) is 0.411. The summed E-state index contributed by atoms with van der Waals surface area (Å²) >= 11 is 0. The van der Waals surface area contributed by atoms with Gasteiger partial charge in [0.25, 0.3) is 0 Å². The maximum absolute atomic E-state index is 14.4. The second-order valence-electron chi connectivity index (χ2n) is 7.39. The molecular weight excluding hydrogens is 423 g/mol. The Labute approximate surface area is 181 Å². The summed E-state index contributed by atoms with van der Waals surface area (Å²) in [4.78, 5) is 3.83. The van der Waals surface area contributed by atoms with Crippen molar-refractivity contribution < 1.29 is 18.3 Å². The summed E-state index contributed by atoms with van der Waals surface area (Å²) in [6.45, 7) is 0.397. The topological polar surface area (TPSA) is 93.7 Å². The third-order valence-electron chi connectivity index (χ3n) is 4.87. The summed E-state index contributed by atoms with van der Waals surface area (Å²) in [5.41, 5.74) is -0.493. The largest absolute Gasteiger partial charge is 0.382 e. The molecule has 32 heavy (non-hydrogen) atoms. The van der Waals surface area contributed by atoms with Crippen LogP contribution in [0.3, 0.4) is 0 Å². The van der Waals surface area contributed by atoms with Crippen LogP contribution in [0.2, 0.25) is 0 Å². The predicted octanol–water partition coefficient (Wildman–Crippen LogP) is 2.01. The molecule has 4 rings (SSSR count). The number of hydrogen-bond donors (Lipinski definition) is 2. The number of rotatable bonds is 9. The van der Waals surface area contributed by atoms with Crippen LogP contribution < -0.4 is 5.32 Å². The van der Waals surface area contributed by atoms with Gasteiger partial charge >= 0.3 is 0 Å². The Morgan fingerprint density at radius 1 is 1.03 bits per heavy atom. The highest BCUT2D eigenvalue weighted by Gasteiger charge is 2.33. The van der Waals surface area contributed by atoms with Gasteiger partial charge in [0, 0.05) is 24.7 Å². The molecule has 0 aliphatic carbocycles. The Bertz CT molecular complexity index is 1180. The highest BCUT2D eigenvalue weighted by Crippen LogP contribution is 2.26. The van der Waals surface area contributed by atoms with E-state index in [2.05, 4.69) is 25.7 Å². The molecule has 0 amide bonds. The highest BCUT2D eigenvalue weighted by molar-refractivity contribution is 5.25. The van der Waals surface area contributed by atoms with Crippen LogP contribution in [0.5, 0.6) is 0 Å². The molecule has 0 saturated heterocycles. The average Bonchev–Trinajstić information content (AvgIpc) is 3.40. The lowest BCUT2D eigenvalue weighted by molar-refractivity contribution is 0.0117. The van der Waals surface area contributed by atoms with Crippen LogP contribution in [0.1, 0.15) is 16.8 Å². The number of nitrogens with zero attached hydrogens (tertiary/aromatic N) is 6. The first-order valence-electron chi connectivity index (χ1n) is 9.76. The first-order chi connectivity index (χ1) is 15.4. The number of aliphatic hydroxyl groups is 1. The smallest absolute Gasteiger partial charge is 0.137 e. The fraction of sp³-hybridized carbons (Fsp3) is 0.238. The van der Waals surface area contributed by atoms with Gasteiger partial charge in [-0.25, -0.2) is 27.5 Å². The van der Waals surface area contributed by atoms with Crippen LogP contribution >= 0.6 is 0 Å². The van der Waals surface area contributed by atoms with Gasteiger partial charge < -0.3 is 10.4 Å². The van der Waals surface area contributed by atoms with Crippen molar-refractivity contribution in [1.82, 2.24) is 35.1 Å². The summed E-state index contributed by atoms with van der Waals surface area (Å²) in [6, 6.07) is 9.20. The number of hydrogen-bond acceptors (Lipinski definition) is 6. The molecule has 2 N–H and O–H groups in total. The standard InChI is InChI=1S/C21H20F3N7O/c22-16-3-1-2-15(6-16)9-30-10-18(28-29-30)8-25-11-21(32,12-31-14-26-13-27-31)19-5-4-17(23)7-20(19)24/h1-7,10,13-14,25,32H,8-9,11-12H2. The molecule has 166 valence electrons. The zero-order valence-electron chi connectivity index (χ0n) is 16.9. The first kappa shape index (κ1) is 21.7. The van der Waals surface area contributed by atoms with Crippen LogP contribution in [0.15, 0.2) is 61.3 Å². The highest BCUT2D eigenvalue weighted by atomic mass is 19.1. The van der Waals surface area contributed by atoms with Crippen molar-refractivity contribution in [2.24, 2.45) is 0 Å². The summed E-state index contributed by atoms with van der Waals surface area (Å²) < 4.78 is 44.1. The van der Waals surface area contributed by atoms with Crippen molar-refractivity contribution >= 4 is 0 Å². The maximum Gasteiger partial charge on any atom is 0.137 e. The fourth-order valence-corrected chi connectivity index (χ4v) is 3.40. The predicted molar refractivity (Wildman–Crippen MR) is 108 cm³/mol. The normalized spacial score (nSPS) is 13.2. The lowest BCUT2D eigenvalue weighted by Gasteiger charge is -2.29. The van der Waals surface area contributed by atoms with Crippen molar-refractivity contribution in [3.05, 3.63) is 95.6 Å². The maximum atomic E-state index is 14.4. The van der Waals surface area contributed by atoms with Crippen LogP contribution in [0.4, 0.5) is 13.2 Å². The van der Waals surface area contributed by atoms with E-state index >= 15 is 0 Å². The minimum absolute atomic E-state index is 0.0725. The van der Waals surface area contributed by atoms with E-state index in [1.807, 2.05) is 0 Å². The monoisotopic (exact) mass is 443 g/mol. The van der Waals surface area contributed by atoms with Gasteiger partial charge in [-0.05, 0) is 23.8 Å². The molecule has 0 radical (unpaired) electrons. The van der Waals surface area contributed by atoms with Gasteiger partial charge in [-0.15, -0.1) is 5.10 Å². The van der Waals surface area contributed by atoms with Gasteiger partial charge in [0.2, 0.25) is 0 Å². The molecule has 0 aliphatic rings. The number of nitrogens with one attached hydrogen (secondary N) is 1. The third-order valence-corrected chi connectivity index (χ3v) is 4.87. The lowest BCUT2D eigenvalue weighted by Crippen LogP contribution is -2.42. The van der Waals surface area contributed by atoms with Crippen molar-refractivity contribution in [2.45, 2.75) is 25.2 Å². The summed E-state index contributed by atoms with van der Waals surface area (Å²) in [5.74, 6) is -1.93. The van der Waals surface area contributed by atoms with Gasteiger partial charge in [-0.2, -0.15) is 5.10 Å². The van der Waals surface area contributed by atoms with E-state index in [0.29, 0.717) is 12.2 Å². The molecular formula is C21H20F3N7O. The molecule has 2 aromatic heterocycles. The molecule has 11 heteroatoms. The summed E-state index contributed by atoms with van der Waals surface area (Å²) in [5, 5.41) is 26.3. The second kappa shape index (κ2) is 9.28. The van der Waals surface area contributed by atoms with E-state index in [-0.39, 0.29) is 31.0 Å². The third kappa shape index (κ3) is 5.18. The minimum atomic E-state index is -1.73. The molecule has 1 atom stereocenters. The molecule has 0 aliphatic heterocycles. The molecule has 4 aromatic rings. The van der Waals surface area contributed by atoms with Gasteiger partial charge in [0.15, 0.2) is 0 Å². The Morgan fingerprint density at radius 2 is 1.88 bits per heavy atom. The molecule has 8 nitrogen and oxygen atoms in total. The fourth-order valence-electron chi connectivity index (χ4n) is 3.40. The summed E-state index contributed by atoms with van der Waals surface area (Å²) in [7, 11) is 0. The van der Waals surface area contributed by atoms with Gasteiger partial charge in [0.1, 0.15) is 35.7 Å². The average molecular weight is 443 g/mol. The number of halogens is 3. The van der Waals surface area contributed by atoms with Gasteiger partial charge in [0.05, 0.1) is 25.0 Å². The SMILES string of the molecule is OC(CNCc1cn(Cc2cccc(F)c2)nn1)(Cn1cncn1)c1ccc(F)cc1F. The Balaban J connectivity index is 1.44. The van der Waals surface area contributed by atoms with Crippen molar-refractivity contribution in [3.63, 3.8) is 0 Å².